The van der Waals surface area contributed by atoms with Crippen LogP contribution >= 0.6 is 0 Å². The van der Waals surface area contributed by atoms with Crippen molar-refractivity contribution in [2.24, 2.45) is 0 Å². The van der Waals surface area contributed by atoms with E-state index in [0.29, 0.717) is 46.9 Å². The zero-order chi connectivity index (χ0) is 31.4. The van der Waals surface area contributed by atoms with Gasteiger partial charge < -0.3 is 29.7 Å². The lowest BCUT2D eigenvalue weighted by atomic mass is 9.71. The van der Waals surface area contributed by atoms with Crippen LogP contribution in [0.2, 0.25) is 0 Å². The van der Waals surface area contributed by atoms with Crippen molar-refractivity contribution in [1.29, 1.82) is 0 Å². The van der Waals surface area contributed by atoms with Crippen LogP contribution in [0.15, 0.2) is 89.3 Å². The molecule has 230 valence electrons. The Morgan fingerprint density at radius 3 is 2.14 bits per heavy atom. The number of hydrogen-bond acceptors (Lipinski definition) is 7. The van der Waals surface area contributed by atoms with Gasteiger partial charge in [0.2, 0.25) is 0 Å². The second-order valence-corrected chi connectivity index (χ2v) is 11.1. The first kappa shape index (κ1) is 30.7. The number of methoxy groups -OCH3 is 3. The lowest BCUT2D eigenvalue weighted by Crippen LogP contribution is -2.37. The minimum absolute atomic E-state index is 0.0265. The number of ether oxygens (including phenoxy) is 3. The molecular formula is C36H41N3O5. The van der Waals surface area contributed by atoms with Crippen LogP contribution in [0, 0.1) is 0 Å². The summed E-state index contributed by atoms with van der Waals surface area (Å²) in [7, 11) is 4.82. The summed E-state index contributed by atoms with van der Waals surface area (Å²) in [5.74, 6) is 1.21. The molecule has 1 heterocycles. The van der Waals surface area contributed by atoms with Gasteiger partial charge in [-0.2, -0.15) is 0 Å². The normalized spacial score (nSPS) is 17.9. The summed E-state index contributed by atoms with van der Waals surface area (Å²) in [4.78, 5) is 30.4. The predicted molar refractivity (Wildman–Crippen MR) is 174 cm³/mol. The van der Waals surface area contributed by atoms with Gasteiger partial charge in [0, 0.05) is 59.3 Å². The zero-order valence-corrected chi connectivity index (χ0v) is 26.3. The molecule has 2 unspecified atom stereocenters. The third kappa shape index (κ3) is 6.02. The molecule has 0 saturated heterocycles. The number of hydrogen-bond donors (Lipinski definition) is 2. The molecule has 0 aromatic heterocycles. The number of nitrogens with zero attached hydrogens (tertiary/aromatic N) is 1. The molecule has 0 spiro atoms. The van der Waals surface area contributed by atoms with Crippen molar-refractivity contribution >= 4 is 23.1 Å². The van der Waals surface area contributed by atoms with E-state index in [4.69, 9.17) is 14.2 Å². The van der Waals surface area contributed by atoms with Crippen molar-refractivity contribution in [3.8, 4) is 17.2 Å². The Balaban J connectivity index is 1.54. The van der Waals surface area contributed by atoms with Crippen LogP contribution in [-0.2, 0) is 9.59 Å². The monoisotopic (exact) mass is 595 g/mol. The third-order valence-electron chi connectivity index (χ3n) is 8.65. The fourth-order valence-electron chi connectivity index (χ4n) is 6.35. The second-order valence-electron chi connectivity index (χ2n) is 11.1. The highest BCUT2D eigenvalue weighted by atomic mass is 16.5. The number of dihydropyridines is 1. The van der Waals surface area contributed by atoms with Gasteiger partial charge in [-0.05, 0) is 92.8 Å². The number of anilines is 2. The summed E-state index contributed by atoms with van der Waals surface area (Å²) in [5, 5.41) is 6.52. The average Bonchev–Trinajstić information content (AvgIpc) is 3.04. The molecular weight excluding hydrogens is 554 g/mol. The summed E-state index contributed by atoms with van der Waals surface area (Å²) in [5.41, 5.74) is 6.45. The van der Waals surface area contributed by atoms with E-state index >= 15 is 0 Å². The van der Waals surface area contributed by atoms with Crippen LogP contribution in [0.1, 0.15) is 56.6 Å². The number of carbonyl (C=O) groups is 2. The average molecular weight is 596 g/mol. The van der Waals surface area contributed by atoms with Gasteiger partial charge in [-0.25, -0.2) is 0 Å². The van der Waals surface area contributed by atoms with E-state index in [0.717, 1.165) is 41.3 Å². The van der Waals surface area contributed by atoms with E-state index in [2.05, 4.69) is 53.6 Å². The van der Waals surface area contributed by atoms with Gasteiger partial charge >= 0.3 is 0 Å². The molecule has 0 fully saturated rings. The Hall–Kier alpha value is -4.72. The maximum Gasteiger partial charge on any atom is 0.254 e. The van der Waals surface area contributed by atoms with E-state index in [9.17, 15) is 9.59 Å². The van der Waals surface area contributed by atoms with Gasteiger partial charge in [0.05, 0.1) is 21.3 Å². The van der Waals surface area contributed by atoms with E-state index in [1.807, 2.05) is 25.1 Å². The van der Waals surface area contributed by atoms with Crippen LogP contribution in [-0.4, -0.2) is 46.1 Å². The van der Waals surface area contributed by atoms with E-state index in [1.165, 1.54) is 0 Å². The molecule has 0 saturated carbocycles. The highest BCUT2D eigenvalue weighted by Crippen LogP contribution is 2.46. The third-order valence-corrected chi connectivity index (χ3v) is 8.65. The Kier molecular flexibility index (Phi) is 9.28. The minimum atomic E-state index is -0.505. The Morgan fingerprint density at radius 2 is 1.52 bits per heavy atom. The first-order chi connectivity index (χ1) is 21.3. The largest absolute Gasteiger partial charge is 0.497 e. The van der Waals surface area contributed by atoms with Gasteiger partial charge in [-0.15, -0.1) is 0 Å². The Labute approximate surface area is 259 Å². The van der Waals surface area contributed by atoms with Crippen LogP contribution in [0.4, 0.5) is 11.4 Å². The van der Waals surface area contributed by atoms with Crippen LogP contribution < -0.4 is 29.7 Å². The molecule has 3 aromatic carbocycles. The fraction of sp³-hybridized carbons (Fsp3) is 0.333. The number of ketones is 1. The molecule has 5 rings (SSSR count). The molecule has 8 heteroatoms. The second kappa shape index (κ2) is 13.3. The lowest BCUT2D eigenvalue weighted by molar-refractivity contribution is -0.116. The van der Waals surface area contributed by atoms with E-state index in [1.54, 1.807) is 45.6 Å². The van der Waals surface area contributed by atoms with Gasteiger partial charge in [-0.1, -0.05) is 18.2 Å². The molecule has 0 bridgehead atoms. The molecule has 44 heavy (non-hydrogen) atoms. The summed E-state index contributed by atoms with van der Waals surface area (Å²) in [6.07, 6.45) is 0.964. The predicted octanol–water partition coefficient (Wildman–Crippen LogP) is 6.56. The van der Waals surface area contributed by atoms with E-state index in [-0.39, 0.29) is 17.6 Å². The SMILES string of the molecule is CCN(CC)c1ccc(C2C(C(=O)Nc3ccc(OC)cc3)=C(C)NC3=C2C(=O)CC(c2ccc(OC)c(OC)c2)C3)cc1. The number of allylic oxidation sites excluding steroid dienone is 3. The fourth-order valence-corrected chi connectivity index (χ4v) is 6.35. The molecule has 1 aliphatic heterocycles. The zero-order valence-electron chi connectivity index (χ0n) is 26.3. The van der Waals surface area contributed by atoms with Gasteiger partial charge in [0.15, 0.2) is 17.3 Å². The Bertz CT molecular complexity index is 1590. The van der Waals surface area contributed by atoms with Crippen LogP contribution in [0.5, 0.6) is 17.2 Å². The van der Waals surface area contributed by atoms with Crippen molar-refractivity contribution in [1.82, 2.24) is 5.32 Å². The number of Topliss-reactive ketones (excluding diaryl/α,β-unsaturated/α-hetero) is 1. The number of carbonyl (C=O) groups excluding carboxylic acids is 2. The molecule has 8 nitrogen and oxygen atoms in total. The van der Waals surface area contributed by atoms with Gasteiger partial charge in [0.25, 0.3) is 5.91 Å². The van der Waals surface area contributed by atoms with Crippen LogP contribution in [0.3, 0.4) is 0 Å². The maximum absolute atomic E-state index is 14.1. The van der Waals surface area contributed by atoms with Gasteiger partial charge in [0.1, 0.15) is 5.75 Å². The topological polar surface area (TPSA) is 89.1 Å². The summed E-state index contributed by atoms with van der Waals surface area (Å²) in [6.45, 7) is 7.95. The molecule has 1 aliphatic carbocycles. The molecule has 2 N–H and O–H groups in total. The van der Waals surface area contributed by atoms with Gasteiger partial charge in [-0.3, -0.25) is 9.59 Å². The summed E-state index contributed by atoms with van der Waals surface area (Å²) < 4.78 is 16.2. The highest BCUT2D eigenvalue weighted by Gasteiger charge is 2.41. The number of nitrogens with one attached hydrogen (secondary N) is 2. The summed E-state index contributed by atoms with van der Waals surface area (Å²) >= 11 is 0. The minimum Gasteiger partial charge on any atom is -0.497 e. The van der Waals surface area contributed by atoms with Crippen molar-refractivity contribution in [3.63, 3.8) is 0 Å². The van der Waals surface area contributed by atoms with E-state index < -0.39 is 5.92 Å². The van der Waals surface area contributed by atoms with Crippen LogP contribution in [0.25, 0.3) is 0 Å². The smallest absolute Gasteiger partial charge is 0.254 e. The van der Waals surface area contributed by atoms with Crippen molar-refractivity contribution in [3.05, 3.63) is 100 Å². The number of rotatable bonds is 10. The lowest BCUT2D eigenvalue weighted by Gasteiger charge is -2.37. The highest BCUT2D eigenvalue weighted by molar-refractivity contribution is 6.10. The molecule has 2 aliphatic rings. The van der Waals surface area contributed by atoms with Crippen molar-refractivity contribution in [2.75, 3.05) is 44.6 Å². The molecule has 2 atom stereocenters. The summed E-state index contributed by atoms with van der Waals surface area (Å²) in [6, 6.07) is 21.3. The first-order valence-electron chi connectivity index (χ1n) is 15.1. The van der Waals surface area contributed by atoms with Crippen molar-refractivity contribution < 1.29 is 23.8 Å². The maximum atomic E-state index is 14.1. The molecule has 3 aromatic rings. The molecule has 1 amide bonds. The first-order valence-corrected chi connectivity index (χ1v) is 15.1. The number of amides is 1. The van der Waals surface area contributed by atoms with Crippen molar-refractivity contribution in [2.45, 2.75) is 45.4 Å². The molecule has 0 radical (unpaired) electrons. The number of benzene rings is 3. The quantitative estimate of drug-likeness (QED) is 0.274. The standard InChI is InChI=1S/C36H41N3O5/c1-7-39(8-2)27-14-9-23(10-15-27)34-33(36(41)38-26-12-16-28(42-4)17-13-26)22(3)37-29-19-25(20-30(40)35(29)34)24-11-18-31(43-5)32(21-24)44-6/h9-18,21,25,34,37H,7-8,19-20H2,1-6H3,(H,38,41). The Morgan fingerprint density at radius 1 is 0.864 bits per heavy atom.